The highest BCUT2D eigenvalue weighted by Gasteiger charge is 2.09. The molecule has 4 nitrogen and oxygen atoms in total. The molecule has 0 aromatic heterocycles. The summed E-state index contributed by atoms with van der Waals surface area (Å²) in [6.07, 6.45) is 4.81. The van der Waals surface area contributed by atoms with E-state index in [2.05, 4.69) is 13.5 Å². The molecule has 0 radical (unpaired) electrons. The van der Waals surface area contributed by atoms with E-state index >= 15 is 0 Å². The van der Waals surface area contributed by atoms with Crippen LogP contribution in [-0.2, 0) is 0 Å². The molecule has 0 bridgehead atoms. The van der Waals surface area contributed by atoms with E-state index in [4.69, 9.17) is 4.74 Å². The van der Waals surface area contributed by atoms with E-state index in [9.17, 15) is 10.1 Å². The molecule has 0 saturated carbocycles. The van der Waals surface area contributed by atoms with E-state index in [0.29, 0.717) is 12.4 Å². The van der Waals surface area contributed by atoms with Crippen molar-refractivity contribution < 1.29 is 9.66 Å². The fourth-order valence-electron chi connectivity index (χ4n) is 1.46. The van der Waals surface area contributed by atoms with Crippen molar-refractivity contribution in [1.82, 2.24) is 0 Å². The summed E-state index contributed by atoms with van der Waals surface area (Å²) < 4.78 is 5.55. The maximum absolute atomic E-state index is 10.7. The molecular weight excluding hydrogens is 218 g/mol. The molecule has 0 aliphatic carbocycles. The van der Waals surface area contributed by atoms with Gasteiger partial charge in [-0.25, -0.2) is 0 Å². The zero-order valence-electron chi connectivity index (χ0n) is 10.0. The van der Waals surface area contributed by atoms with Gasteiger partial charge in [0.25, 0.3) is 5.69 Å². The predicted octanol–water partition coefficient (Wildman–Crippen LogP) is 3.81. The van der Waals surface area contributed by atoms with Crippen LogP contribution < -0.4 is 4.74 Å². The number of non-ortho nitro benzene ring substituents is 1. The minimum Gasteiger partial charge on any atom is -0.493 e. The van der Waals surface area contributed by atoms with E-state index in [1.54, 1.807) is 12.1 Å². The van der Waals surface area contributed by atoms with Crippen LogP contribution >= 0.6 is 0 Å². The van der Waals surface area contributed by atoms with Gasteiger partial charge in [-0.15, -0.1) is 0 Å². The second-order valence-corrected chi connectivity index (χ2v) is 3.74. The maximum Gasteiger partial charge on any atom is 0.273 e. The largest absolute Gasteiger partial charge is 0.493 e. The van der Waals surface area contributed by atoms with Crippen LogP contribution in [0, 0.1) is 10.1 Å². The van der Waals surface area contributed by atoms with Crippen LogP contribution in [0.25, 0.3) is 6.08 Å². The summed E-state index contributed by atoms with van der Waals surface area (Å²) in [4.78, 5) is 10.2. The molecule has 1 rings (SSSR count). The highest BCUT2D eigenvalue weighted by atomic mass is 16.6. The molecule has 0 fully saturated rings. The Labute approximate surface area is 101 Å². The van der Waals surface area contributed by atoms with Gasteiger partial charge >= 0.3 is 0 Å². The normalized spacial score (nSPS) is 9.94. The molecule has 0 saturated heterocycles. The lowest BCUT2D eigenvalue weighted by atomic mass is 10.2. The Hall–Kier alpha value is -1.84. The van der Waals surface area contributed by atoms with E-state index in [-0.39, 0.29) is 5.69 Å². The quantitative estimate of drug-likeness (QED) is 0.410. The number of hydrogen-bond acceptors (Lipinski definition) is 3. The minimum absolute atomic E-state index is 0.0427. The second kappa shape index (κ2) is 6.68. The van der Waals surface area contributed by atoms with Crippen LogP contribution in [0.15, 0.2) is 24.8 Å². The van der Waals surface area contributed by atoms with Crippen molar-refractivity contribution in [3.63, 3.8) is 0 Å². The Morgan fingerprint density at radius 1 is 1.47 bits per heavy atom. The van der Waals surface area contributed by atoms with Gasteiger partial charge in [0.1, 0.15) is 5.75 Å². The first-order chi connectivity index (χ1) is 8.19. The summed E-state index contributed by atoms with van der Waals surface area (Å²) in [6.45, 7) is 6.35. The molecule has 17 heavy (non-hydrogen) atoms. The molecule has 0 aliphatic heterocycles. The molecule has 0 unspecified atom stereocenters. The van der Waals surface area contributed by atoms with Crippen molar-refractivity contribution in [2.75, 3.05) is 6.61 Å². The van der Waals surface area contributed by atoms with Crippen LogP contribution in [0.5, 0.6) is 5.75 Å². The molecule has 4 heteroatoms. The van der Waals surface area contributed by atoms with Crippen molar-refractivity contribution in [3.05, 3.63) is 40.5 Å². The zero-order valence-corrected chi connectivity index (χ0v) is 10.0. The molecule has 1 aromatic rings. The number of rotatable bonds is 7. The van der Waals surface area contributed by atoms with Crippen molar-refractivity contribution in [2.45, 2.75) is 26.2 Å². The minimum atomic E-state index is -0.425. The van der Waals surface area contributed by atoms with E-state index in [0.717, 1.165) is 24.8 Å². The number of nitrogens with zero attached hydrogens (tertiary/aromatic N) is 1. The Kier molecular flexibility index (Phi) is 5.20. The first-order valence-corrected chi connectivity index (χ1v) is 5.72. The summed E-state index contributed by atoms with van der Waals surface area (Å²) in [5.41, 5.74) is 0.827. The molecule has 0 amide bonds. The Morgan fingerprint density at radius 3 is 2.82 bits per heavy atom. The van der Waals surface area contributed by atoms with Crippen LogP contribution in [0.1, 0.15) is 31.7 Å². The number of ether oxygens (including phenoxy) is 1. The third kappa shape index (κ3) is 3.90. The molecule has 92 valence electrons. The number of unbranched alkanes of at least 4 members (excludes halogenated alkanes) is 2. The van der Waals surface area contributed by atoms with Gasteiger partial charge in [0, 0.05) is 11.6 Å². The third-order valence-electron chi connectivity index (χ3n) is 2.43. The molecule has 0 spiro atoms. The summed E-state index contributed by atoms with van der Waals surface area (Å²) in [5.74, 6) is 0.533. The smallest absolute Gasteiger partial charge is 0.273 e. The number of hydrogen-bond donors (Lipinski definition) is 0. The molecule has 0 atom stereocenters. The lowest BCUT2D eigenvalue weighted by Crippen LogP contribution is -1.99. The standard InChI is InChI=1S/C13H17NO3/c1-3-5-6-9-17-13-10-12(14(15)16)8-7-11(13)4-2/h4,7-8,10H,2-3,5-6,9H2,1H3. The fourth-order valence-corrected chi connectivity index (χ4v) is 1.46. The number of nitro benzene ring substituents is 1. The zero-order chi connectivity index (χ0) is 12.7. The first-order valence-electron chi connectivity index (χ1n) is 5.72. The summed E-state index contributed by atoms with van der Waals surface area (Å²) >= 11 is 0. The summed E-state index contributed by atoms with van der Waals surface area (Å²) in [7, 11) is 0. The van der Waals surface area contributed by atoms with Gasteiger partial charge in [0.05, 0.1) is 17.6 Å². The van der Waals surface area contributed by atoms with Crippen molar-refractivity contribution in [1.29, 1.82) is 0 Å². The van der Waals surface area contributed by atoms with E-state index in [1.807, 2.05) is 0 Å². The second-order valence-electron chi connectivity index (χ2n) is 3.74. The van der Waals surface area contributed by atoms with E-state index in [1.165, 1.54) is 12.1 Å². The fraction of sp³-hybridized carbons (Fsp3) is 0.385. The molecule has 0 heterocycles. The van der Waals surface area contributed by atoms with Crippen LogP contribution in [0.4, 0.5) is 5.69 Å². The van der Waals surface area contributed by atoms with Gasteiger partial charge < -0.3 is 4.74 Å². The molecule has 1 aromatic carbocycles. The van der Waals surface area contributed by atoms with Gasteiger partial charge in [-0.2, -0.15) is 0 Å². The number of benzene rings is 1. The lowest BCUT2D eigenvalue weighted by molar-refractivity contribution is -0.384. The third-order valence-corrected chi connectivity index (χ3v) is 2.43. The highest BCUT2D eigenvalue weighted by molar-refractivity contribution is 5.59. The van der Waals surface area contributed by atoms with Crippen molar-refractivity contribution in [2.24, 2.45) is 0 Å². The molecule has 0 N–H and O–H groups in total. The number of nitro groups is 1. The van der Waals surface area contributed by atoms with Crippen LogP contribution in [0.3, 0.4) is 0 Å². The highest BCUT2D eigenvalue weighted by Crippen LogP contribution is 2.25. The first kappa shape index (κ1) is 13.2. The van der Waals surface area contributed by atoms with Gasteiger partial charge in [-0.1, -0.05) is 32.4 Å². The van der Waals surface area contributed by atoms with Crippen LogP contribution in [-0.4, -0.2) is 11.5 Å². The average Bonchev–Trinajstić information content (AvgIpc) is 2.34. The van der Waals surface area contributed by atoms with Crippen molar-refractivity contribution in [3.8, 4) is 5.75 Å². The Balaban J connectivity index is 2.75. The SMILES string of the molecule is C=Cc1ccc([N+](=O)[O-])cc1OCCCCC. The van der Waals surface area contributed by atoms with Gasteiger partial charge in [-0.3, -0.25) is 10.1 Å². The van der Waals surface area contributed by atoms with Crippen molar-refractivity contribution >= 4 is 11.8 Å². The maximum atomic E-state index is 10.7. The van der Waals surface area contributed by atoms with E-state index < -0.39 is 4.92 Å². The van der Waals surface area contributed by atoms with Gasteiger partial charge in [0.2, 0.25) is 0 Å². The Bertz CT molecular complexity index is 402. The lowest BCUT2D eigenvalue weighted by Gasteiger charge is -2.08. The molecule has 0 aliphatic rings. The summed E-state index contributed by atoms with van der Waals surface area (Å²) in [5, 5.41) is 10.7. The topological polar surface area (TPSA) is 52.4 Å². The predicted molar refractivity (Wildman–Crippen MR) is 68.2 cm³/mol. The summed E-state index contributed by atoms with van der Waals surface area (Å²) in [6, 6.07) is 4.55. The van der Waals surface area contributed by atoms with Crippen LogP contribution in [0.2, 0.25) is 0 Å². The van der Waals surface area contributed by atoms with Gasteiger partial charge in [-0.05, 0) is 12.5 Å². The molecular formula is C13H17NO3. The Morgan fingerprint density at radius 2 is 2.24 bits per heavy atom. The average molecular weight is 235 g/mol. The monoisotopic (exact) mass is 235 g/mol. The van der Waals surface area contributed by atoms with Gasteiger partial charge in [0.15, 0.2) is 0 Å².